The molecule has 2 heterocycles. The highest BCUT2D eigenvalue weighted by Crippen LogP contribution is 2.32. The van der Waals surface area contributed by atoms with Gasteiger partial charge in [-0.25, -0.2) is 4.98 Å². The number of nitrogens with zero attached hydrogens (tertiary/aromatic N) is 2. The molecule has 0 aliphatic carbocycles. The lowest BCUT2D eigenvalue weighted by Gasteiger charge is -2.09. The summed E-state index contributed by atoms with van der Waals surface area (Å²) in [4.78, 5) is 4.84. The van der Waals surface area contributed by atoms with Crippen LogP contribution in [0.4, 0.5) is 11.5 Å². The molecule has 4 heteroatoms. The van der Waals surface area contributed by atoms with Crippen LogP contribution < -0.4 is 5.32 Å². The molecule has 0 bridgehead atoms. The van der Waals surface area contributed by atoms with Crippen LogP contribution in [0.1, 0.15) is 11.1 Å². The van der Waals surface area contributed by atoms with Crippen molar-refractivity contribution in [2.75, 3.05) is 5.32 Å². The number of phenols is 1. The molecule has 0 spiro atoms. The van der Waals surface area contributed by atoms with E-state index in [1.807, 2.05) is 24.4 Å². The fourth-order valence-electron chi connectivity index (χ4n) is 2.92. The molecule has 0 aliphatic heterocycles. The molecule has 2 N–H and O–H groups in total. The van der Waals surface area contributed by atoms with Gasteiger partial charge in [-0.1, -0.05) is 23.8 Å². The number of aromatic hydroxyl groups is 1. The SMILES string of the molecule is Cc1ccc(Nc2c(-c3ccc(O)cc3)nc3c(C)cccn23)cc1. The minimum absolute atomic E-state index is 0.247. The maximum absolute atomic E-state index is 9.58. The van der Waals surface area contributed by atoms with Crippen LogP contribution in [-0.2, 0) is 0 Å². The Balaban J connectivity index is 1.90. The Bertz CT molecular complexity index is 1030. The molecule has 124 valence electrons. The van der Waals surface area contributed by atoms with E-state index >= 15 is 0 Å². The zero-order valence-corrected chi connectivity index (χ0v) is 14.2. The number of nitrogens with one attached hydrogen (secondary N) is 1. The lowest BCUT2D eigenvalue weighted by atomic mass is 10.1. The maximum Gasteiger partial charge on any atom is 0.143 e. The highest BCUT2D eigenvalue weighted by atomic mass is 16.3. The van der Waals surface area contributed by atoms with E-state index in [1.54, 1.807) is 12.1 Å². The number of imidazole rings is 1. The summed E-state index contributed by atoms with van der Waals surface area (Å²) in [5, 5.41) is 13.1. The number of aryl methyl sites for hydroxylation is 2. The van der Waals surface area contributed by atoms with Crippen molar-refractivity contribution in [1.29, 1.82) is 0 Å². The topological polar surface area (TPSA) is 49.6 Å². The molecule has 0 atom stereocenters. The van der Waals surface area contributed by atoms with Crippen molar-refractivity contribution >= 4 is 17.2 Å². The zero-order valence-electron chi connectivity index (χ0n) is 14.2. The summed E-state index contributed by atoms with van der Waals surface area (Å²) in [7, 11) is 0. The molecule has 2 aromatic heterocycles. The number of hydrogen-bond donors (Lipinski definition) is 2. The summed E-state index contributed by atoms with van der Waals surface area (Å²) in [6.07, 6.45) is 2.01. The van der Waals surface area contributed by atoms with Crippen LogP contribution in [-0.4, -0.2) is 14.5 Å². The van der Waals surface area contributed by atoms with Crippen LogP contribution in [0.3, 0.4) is 0 Å². The van der Waals surface area contributed by atoms with E-state index in [2.05, 4.69) is 53.9 Å². The van der Waals surface area contributed by atoms with Crippen molar-refractivity contribution in [3.05, 3.63) is 78.0 Å². The van der Waals surface area contributed by atoms with Gasteiger partial charge in [0.1, 0.15) is 22.9 Å². The Morgan fingerprint density at radius 1 is 0.920 bits per heavy atom. The Hall–Kier alpha value is -3.27. The van der Waals surface area contributed by atoms with Gasteiger partial charge < -0.3 is 10.4 Å². The largest absolute Gasteiger partial charge is 0.508 e. The number of rotatable bonds is 3. The van der Waals surface area contributed by atoms with E-state index in [4.69, 9.17) is 4.98 Å². The Labute approximate surface area is 146 Å². The number of aromatic nitrogens is 2. The second kappa shape index (κ2) is 5.98. The first kappa shape index (κ1) is 15.3. The van der Waals surface area contributed by atoms with E-state index < -0.39 is 0 Å². The third-order valence-corrected chi connectivity index (χ3v) is 4.30. The molecule has 0 amide bonds. The van der Waals surface area contributed by atoms with Gasteiger partial charge in [0.05, 0.1) is 0 Å². The Kier molecular flexibility index (Phi) is 3.65. The highest BCUT2D eigenvalue weighted by Gasteiger charge is 2.15. The first-order valence-corrected chi connectivity index (χ1v) is 8.22. The van der Waals surface area contributed by atoms with E-state index in [1.165, 1.54) is 5.56 Å². The molecule has 4 nitrogen and oxygen atoms in total. The number of fused-ring (bicyclic) bond motifs is 1. The van der Waals surface area contributed by atoms with E-state index in [-0.39, 0.29) is 5.75 Å². The van der Waals surface area contributed by atoms with Gasteiger partial charge in [0, 0.05) is 17.4 Å². The van der Waals surface area contributed by atoms with Crippen molar-refractivity contribution in [2.45, 2.75) is 13.8 Å². The third kappa shape index (κ3) is 2.83. The predicted molar refractivity (Wildman–Crippen MR) is 101 cm³/mol. The second-order valence-corrected chi connectivity index (χ2v) is 6.23. The van der Waals surface area contributed by atoms with Crippen LogP contribution in [0.25, 0.3) is 16.9 Å². The van der Waals surface area contributed by atoms with Crippen LogP contribution in [0.15, 0.2) is 66.9 Å². The first-order chi connectivity index (χ1) is 12.1. The Morgan fingerprint density at radius 3 is 2.36 bits per heavy atom. The first-order valence-electron chi connectivity index (χ1n) is 8.22. The summed E-state index contributed by atoms with van der Waals surface area (Å²) in [6, 6.07) is 19.5. The van der Waals surface area contributed by atoms with Crippen LogP contribution in [0, 0.1) is 13.8 Å². The van der Waals surface area contributed by atoms with Crippen LogP contribution in [0.2, 0.25) is 0 Å². The fraction of sp³-hybridized carbons (Fsp3) is 0.0952. The van der Waals surface area contributed by atoms with E-state index in [0.717, 1.165) is 34.0 Å². The van der Waals surface area contributed by atoms with Gasteiger partial charge in [-0.15, -0.1) is 0 Å². The van der Waals surface area contributed by atoms with Crippen molar-refractivity contribution in [3.8, 4) is 17.0 Å². The molecule has 2 aromatic carbocycles. The summed E-state index contributed by atoms with van der Waals surface area (Å²) in [6.45, 7) is 4.13. The minimum atomic E-state index is 0.247. The van der Waals surface area contributed by atoms with Crippen molar-refractivity contribution < 1.29 is 5.11 Å². The number of hydrogen-bond acceptors (Lipinski definition) is 3. The molecule has 25 heavy (non-hydrogen) atoms. The summed E-state index contributed by atoms with van der Waals surface area (Å²) in [5.41, 5.74) is 6.07. The molecule has 0 fully saturated rings. The maximum atomic E-state index is 9.58. The van der Waals surface area contributed by atoms with Crippen molar-refractivity contribution in [3.63, 3.8) is 0 Å². The van der Waals surface area contributed by atoms with Gasteiger partial charge in [-0.3, -0.25) is 4.40 Å². The molecule has 0 saturated heterocycles. The lowest BCUT2D eigenvalue weighted by molar-refractivity contribution is 0.475. The summed E-state index contributed by atoms with van der Waals surface area (Å²) in [5.74, 6) is 1.16. The molecule has 4 rings (SSSR count). The van der Waals surface area contributed by atoms with Crippen molar-refractivity contribution in [1.82, 2.24) is 9.38 Å². The molecule has 0 aliphatic rings. The molecule has 0 saturated carbocycles. The van der Waals surface area contributed by atoms with E-state index in [0.29, 0.717) is 0 Å². The number of phenolic OH excluding ortho intramolecular Hbond substituents is 1. The number of pyridine rings is 1. The van der Waals surface area contributed by atoms with Gasteiger partial charge in [0.15, 0.2) is 0 Å². The molecule has 0 unspecified atom stereocenters. The van der Waals surface area contributed by atoms with Gasteiger partial charge in [0.25, 0.3) is 0 Å². The van der Waals surface area contributed by atoms with Crippen LogP contribution >= 0.6 is 0 Å². The van der Waals surface area contributed by atoms with Gasteiger partial charge in [-0.2, -0.15) is 0 Å². The van der Waals surface area contributed by atoms with Crippen molar-refractivity contribution in [2.24, 2.45) is 0 Å². The standard InChI is InChI=1S/C21H19N3O/c1-14-5-9-17(10-6-14)22-21-19(16-7-11-18(25)12-8-16)23-20-15(2)4-3-13-24(20)21/h3-13,22,25H,1-2H3. The summed E-state index contributed by atoms with van der Waals surface area (Å²) >= 11 is 0. The quantitative estimate of drug-likeness (QED) is 0.552. The summed E-state index contributed by atoms with van der Waals surface area (Å²) < 4.78 is 2.07. The molecule has 0 radical (unpaired) electrons. The van der Waals surface area contributed by atoms with Gasteiger partial charge in [0.2, 0.25) is 0 Å². The Morgan fingerprint density at radius 2 is 1.64 bits per heavy atom. The zero-order chi connectivity index (χ0) is 17.4. The highest BCUT2D eigenvalue weighted by molar-refractivity contribution is 5.80. The predicted octanol–water partition coefficient (Wildman–Crippen LogP) is 5.07. The molecular weight excluding hydrogens is 310 g/mol. The third-order valence-electron chi connectivity index (χ3n) is 4.30. The van der Waals surface area contributed by atoms with Crippen LogP contribution in [0.5, 0.6) is 5.75 Å². The minimum Gasteiger partial charge on any atom is -0.508 e. The molecular formula is C21H19N3O. The monoisotopic (exact) mass is 329 g/mol. The average molecular weight is 329 g/mol. The molecule has 4 aromatic rings. The fourth-order valence-corrected chi connectivity index (χ4v) is 2.92. The van der Waals surface area contributed by atoms with E-state index in [9.17, 15) is 5.11 Å². The van der Waals surface area contributed by atoms with Gasteiger partial charge in [-0.05, 0) is 61.9 Å². The lowest BCUT2D eigenvalue weighted by Crippen LogP contribution is -1.97. The second-order valence-electron chi connectivity index (χ2n) is 6.23. The normalized spacial score (nSPS) is 11.0. The number of benzene rings is 2. The number of anilines is 2. The smallest absolute Gasteiger partial charge is 0.143 e. The van der Waals surface area contributed by atoms with Gasteiger partial charge >= 0.3 is 0 Å². The average Bonchev–Trinajstić information content (AvgIpc) is 2.98.